The van der Waals surface area contributed by atoms with E-state index < -0.39 is 5.97 Å². The lowest BCUT2D eigenvalue weighted by atomic mass is 10.1. The molecule has 2 aromatic carbocycles. The summed E-state index contributed by atoms with van der Waals surface area (Å²) in [5.41, 5.74) is 0.100. The summed E-state index contributed by atoms with van der Waals surface area (Å²) in [6.45, 7) is 0. The summed E-state index contributed by atoms with van der Waals surface area (Å²) in [5.74, 6) is -0.444. The molecule has 0 fully saturated rings. The number of aromatic carboxylic acids is 1. The molecule has 0 saturated carbocycles. The zero-order chi connectivity index (χ0) is 14.8. The molecule has 3 aromatic rings. The van der Waals surface area contributed by atoms with Gasteiger partial charge in [0.15, 0.2) is 0 Å². The van der Waals surface area contributed by atoms with E-state index in [2.05, 4.69) is 9.97 Å². The Kier molecular flexibility index (Phi) is 3.70. The first-order valence-corrected chi connectivity index (χ1v) is 7.12. The van der Waals surface area contributed by atoms with Gasteiger partial charge in [0.25, 0.3) is 0 Å². The number of aromatic nitrogens is 2. The highest BCUT2D eigenvalue weighted by atomic mass is 127. The molecule has 0 aliphatic carbocycles. The van der Waals surface area contributed by atoms with Crippen LogP contribution in [-0.2, 0) is 0 Å². The summed E-state index contributed by atoms with van der Waals surface area (Å²) in [5, 5.41) is 11.1. The molecular formula is C15H9IN2O3. The molecule has 0 unspecified atom stereocenters. The van der Waals surface area contributed by atoms with Crippen molar-refractivity contribution in [2.45, 2.75) is 0 Å². The predicted octanol–water partition coefficient (Wildman–Crippen LogP) is 3.72. The Morgan fingerprint density at radius 3 is 2.57 bits per heavy atom. The largest absolute Gasteiger partial charge is 0.478 e. The summed E-state index contributed by atoms with van der Waals surface area (Å²) in [6, 6.07) is 10.8. The Hall–Kier alpha value is -2.22. The van der Waals surface area contributed by atoms with Crippen LogP contribution in [0.1, 0.15) is 10.4 Å². The van der Waals surface area contributed by atoms with Crippen molar-refractivity contribution in [3.8, 4) is 11.6 Å². The van der Waals surface area contributed by atoms with Crippen LogP contribution >= 0.6 is 22.6 Å². The Balaban J connectivity index is 2.14. The molecule has 21 heavy (non-hydrogen) atoms. The third-order valence-electron chi connectivity index (χ3n) is 2.92. The zero-order valence-corrected chi connectivity index (χ0v) is 12.8. The van der Waals surface area contributed by atoms with Gasteiger partial charge in [-0.2, -0.15) is 0 Å². The van der Waals surface area contributed by atoms with Crippen LogP contribution < -0.4 is 4.74 Å². The highest BCUT2D eigenvalue weighted by Gasteiger charge is 2.15. The van der Waals surface area contributed by atoms with E-state index in [1.54, 1.807) is 18.3 Å². The summed E-state index contributed by atoms with van der Waals surface area (Å²) in [6.07, 6.45) is 2.96. The van der Waals surface area contributed by atoms with Crippen LogP contribution in [0.15, 0.2) is 48.9 Å². The summed E-state index contributed by atoms with van der Waals surface area (Å²) in [7, 11) is 0. The molecule has 0 spiro atoms. The van der Waals surface area contributed by atoms with Crippen molar-refractivity contribution in [1.29, 1.82) is 0 Å². The number of nitrogens with zero attached hydrogens (tertiary/aromatic N) is 2. The van der Waals surface area contributed by atoms with Gasteiger partial charge >= 0.3 is 5.97 Å². The van der Waals surface area contributed by atoms with Gasteiger partial charge in [0.1, 0.15) is 17.6 Å². The van der Waals surface area contributed by atoms with Crippen LogP contribution in [0.2, 0.25) is 0 Å². The Morgan fingerprint density at radius 1 is 1.19 bits per heavy atom. The number of rotatable bonds is 3. The average Bonchev–Trinajstić information content (AvgIpc) is 2.48. The maximum Gasteiger partial charge on any atom is 0.339 e. The smallest absolute Gasteiger partial charge is 0.339 e. The van der Waals surface area contributed by atoms with E-state index in [9.17, 15) is 9.90 Å². The third kappa shape index (κ3) is 2.80. The lowest BCUT2D eigenvalue weighted by molar-refractivity contribution is 0.0694. The number of halogens is 1. The van der Waals surface area contributed by atoms with E-state index in [4.69, 9.17) is 4.74 Å². The molecular weight excluding hydrogens is 383 g/mol. The van der Waals surface area contributed by atoms with E-state index in [0.29, 0.717) is 9.45 Å². The van der Waals surface area contributed by atoms with Crippen molar-refractivity contribution in [2.75, 3.05) is 0 Å². The average molecular weight is 392 g/mol. The number of hydrogen-bond donors (Lipinski definition) is 1. The molecule has 0 aliphatic rings. The van der Waals surface area contributed by atoms with Crippen LogP contribution in [-0.4, -0.2) is 21.0 Å². The third-order valence-corrected chi connectivity index (χ3v) is 3.66. The van der Waals surface area contributed by atoms with Crippen LogP contribution in [0, 0.1) is 3.57 Å². The number of carboxylic acid groups (broad SMARTS) is 1. The van der Waals surface area contributed by atoms with Gasteiger partial charge in [-0.25, -0.2) is 14.8 Å². The minimum absolute atomic E-state index is 0.100. The van der Waals surface area contributed by atoms with Gasteiger partial charge in [0.05, 0.1) is 3.57 Å². The molecule has 0 bridgehead atoms. The molecule has 1 aromatic heterocycles. The van der Waals surface area contributed by atoms with Crippen LogP contribution in [0.3, 0.4) is 0 Å². The van der Waals surface area contributed by atoms with Gasteiger partial charge in [-0.15, -0.1) is 0 Å². The van der Waals surface area contributed by atoms with Gasteiger partial charge in [-0.3, -0.25) is 0 Å². The molecule has 0 amide bonds. The molecule has 3 rings (SSSR count). The molecule has 5 nitrogen and oxygen atoms in total. The maximum atomic E-state index is 11.4. The van der Waals surface area contributed by atoms with Crippen molar-refractivity contribution < 1.29 is 14.6 Å². The number of ether oxygens (including phenoxy) is 1. The predicted molar refractivity (Wildman–Crippen MR) is 85.7 cm³/mol. The molecule has 0 aliphatic heterocycles. The lowest BCUT2D eigenvalue weighted by Crippen LogP contribution is -2.01. The van der Waals surface area contributed by atoms with Crippen molar-refractivity contribution in [1.82, 2.24) is 9.97 Å². The van der Waals surface area contributed by atoms with Crippen molar-refractivity contribution in [3.63, 3.8) is 0 Å². The van der Waals surface area contributed by atoms with E-state index in [-0.39, 0.29) is 11.3 Å². The standard InChI is InChI=1S/C15H9IN2O3/c16-12-7-17-8-18-14(12)21-13-6-10-4-2-1-3-9(10)5-11(13)15(19)20/h1-8H,(H,19,20). The van der Waals surface area contributed by atoms with Gasteiger partial charge in [0.2, 0.25) is 5.88 Å². The van der Waals surface area contributed by atoms with Gasteiger partial charge in [0, 0.05) is 6.20 Å². The van der Waals surface area contributed by atoms with Crippen molar-refractivity contribution in [3.05, 3.63) is 58.1 Å². The van der Waals surface area contributed by atoms with Gasteiger partial charge in [-0.1, -0.05) is 24.3 Å². The quantitative estimate of drug-likeness (QED) is 0.688. The summed E-state index contributed by atoms with van der Waals surface area (Å²) >= 11 is 2.04. The number of fused-ring (bicyclic) bond motifs is 1. The number of hydrogen-bond acceptors (Lipinski definition) is 4. The first-order chi connectivity index (χ1) is 10.1. The summed E-state index contributed by atoms with van der Waals surface area (Å²) in [4.78, 5) is 19.3. The monoisotopic (exact) mass is 392 g/mol. The molecule has 0 radical (unpaired) electrons. The van der Waals surface area contributed by atoms with Crippen LogP contribution in [0.4, 0.5) is 0 Å². The Labute approximate surface area is 133 Å². The number of carboxylic acids is 1. The van der Waals surface area contributed by atoms with Crippen molar-refractivity contribution >= 4 is 39.3 Å². The summed E-state index contributed by atoms with van der Waals surface area (Å²) < 4.78 is 6.38. The molecule has 0 atom stereocenters. The molecule has 104 valence electrons. The SMILES string of the molecule is O=C(O)c1cc2ccccc2cc1Oc1ncncc1I. The number of carbonyl (C=O) groups is 1. The van der Waals surface area contributed by atoms with Gasteiger partial charge in [-0.05, 0) is 45.5 Å². The van der Waals surface area contributed by atoms with Crippen LogP contribution in [0.25, 0.3) is 10.8 Å². The zero-order valence-electron chi connectivity index (χ0n) is 10.7. The minimum Gasteiger partial charge on any atom is -0.478 e. The molecule has 0 saturated heterocycles. The molecule has 6 heteroatoms. The number of benzene rings is 2. The first kappa shape index (κ1) is 13.7. The highest BCUT2D eigenvalue weighted by molar-refractivity contribution is 14.1. The fourth-order valence-electron chi connectivity index (χ4n) is 1.95. The van der Waals surface area contributed by atoms with E-state index in [1.807, 2.05) is 46.9 Å². The Morgan fingerprint density at radius 2 is 1.90 bits per heavy atom. The maximum absolute atomic E-state index is 11.4. The highest BCUT2D eigenvalue weighted by Crippen LogP contribution is 2.30. The minimum atomic E-state index is -1.04. The second-order valence-corrected chi connectivity index (χ2v) is 5.44. The second-order valence-electron chi connectivity index (χ2n) is 4.28. The molecule has 1 N–H and O–H groups in total. The van der Waals surface area contributed by atoms with Gasteiger partial charge < -0.3 is 9.84 Å². The van der Waals surface area contributed by atoms with Crippen molar-refractivity contribution in [2.24, 2.45) is 0 Å². The second kappa shape index (κ2) is 5.65. The van der Waals surface area contributed by atoms with E-state index in [0.717, 1.165) is 10.8 Å². The van der Waals surface area contributed by atoms with E-state index >= 15 is 0 Å². The fourth-order valence-corrected chi connectivity index (χ4v) is 2.36. The Bertz CT molecular complexity index is 836. The fraction of sp³-hybridized carbons (Fsp3) is 0. The van der Waals surface area contributed by atoms with E-state index in [1.165, 1.54) is 6.33 Å². The lowest BCUT2D eigenvalue weighted by Gasteiger charge is -2.10. The first-order valence-electron chi connectivity index (χ1n) is 6.04. The molecule has 1 heterocycles. The van der Waals surface area contributed by atoms with Crippen LogP contribution in [0.5, 0.6) is 11.6 Å². The normalized spacial score (nSPS) is 10.5. The topological polar surface area (TPSA) is 72.3 Å².